The Labute approximate surface area is 201 Å². The lowest BCUT2D eigenvalue weighted by molar-refractivity contribution is 0.0969. The van der Waals surface area contributed by atoms with Gasteiger partial charge in [0.2, 0.25) is 0 Å². The van der Waals surface area contributed by atoms with E-state index in [1.54, 1.807) is 35.5 Å². The Bertz CT molecular complexity index is 949. The Morgan fingerprint density at radius 1 is 1.22 bits per heavy atom. The van der Waals surface area contributed by atoms with Crippen molar-refractivity contribution in [1.29, 1.82) is 0 Å². The fourth-order valence-corrected chi connectivity index (χ4v) is 2.83. The van der Waals surface area contributed by atoms with E-state index < -0.39 is 0 Å². The smallest absolute Gasteiger partial charge is 0.255 e. The van der Waals surface area contributed by atoms with Gasteiger partial charge < -0.3 is 11.1 Å². The molecule has 6 heteroatoms. The van der Waals surface area contributed by atoms with Crippen LogP contribution in [0.1, 0.15) is 61.2 Å². The van der Waals surface area contributed by atoms with Crippen molar-refractivity contribution < 1.29 is 4.79 Å². The lowest BCUT2D eigenvalue weighted by Gasteiger charge is -2.20. The van der Waals surface area contributed by atoms with E-state index in [1.165, 1.54) is 6.42 Å². The number of benzene rings is 2. The van der Waals surface area contributed by atoms with Crippen LogP contribution in [0.4, 0.5) is 0 Å². The molecule has 2 aromatic rings. The molecule has 3 N–H and O–H groups in total. The first kappa shape index (κ1) is 27.2. The van der Waals surface area contributed by atoms with Gasteiger partial charge in [-0.3, -0.25) is 9.80 Å². The van der Waals surface area contributed by atoms with Crippen molar-refractivity contribution in [2.75, 3.05) is 0 Å². The maximum Gasteiger partial charge on any atom is 0.255 e. The van der Waals surface area contributed by atoms with E-state index in [1.807, 2.05) is 32.0 Å². The van der Waals surface area contributed by atoms with Gasteiger partial charge in [0, 0.05) is 28.7 Å². The molecular formula is C26H35BrN4O. The third kappa shape index (κ3) is 9.10. The summed E-state index contributed by atoms with van der Waals surface area (Å²) in [4.78, 5) is 12.3. The first-order chi connectivity index (χ1) is 15.1. The van der Waals surface area contributed by atoms with E-state index in [-0.39, 0.29) is 5.91 Å². The molecule has 2 aromatic carbocycles. The predicted octanol–water partition coefficient (Wildman–Crippen LogP) is 6.45. The number of nitrogens with one attached hydrogen (secondary N) is 1. The lowest BCUT2D eigenvalue weighted by Crippen LogP contribution is -2.22. The fraction of sp³-hybridized carbons (Fsp3) is 0.308. The molecule has 0 radical (unpaired) electrons. The number of amides is 1. The molecule has 0 heterocycles. The van der Waals surface area contributed by atoms with E-state index in [0.717, 1.165) is 32.8 Å². The van der Waals surface area contributed by atoms with Crippen LogP contribution in [-0.4, -0.2) is 17.6 Å². The van der Waals surface area contributed by atoms with Gasteiger partial charge in [0.1, 0.15) is 0 Å². The number of hydrazone groups is 1. The van der Waals surface area contributed by atoms with Gasteiger partial charge >= 0.3 is 0 Å². The Hall–Kier alpha value is -2.86. The summed E-state index contributed by atoms with van der Waals surface area (Å²) in [5.74, 6) is 0.668. The number of allylic oxidation sites excluding steroid dienone is 1. The standard InChI is InChI=1S/C21H23BrN4O.C5H12/c1-14-5-10-20(22)11-19(14)13-26(24-4)15(2)12-25-21(27)18-8-6-17(7-9-18)16(3)23;1-4-5(2)3/h5-12H,3-4,13,23H2,1-2H3,(H,25,27);5H,4H2,1-3H3/b15-12-;. The summed E-state index contributed by atoms with van der Waals surface area (Å²) in [6.45, 7) is 18.4. The maximum absolute atomic E-state index is 12.3. The second kappa shape index (κ2) is 13.5. The molecule has 0 aliphatic heterocycles. The Balaban J connectivity index is 0.000000920. The molecule has 0 bridgehead atoms. The largest absolute Gasteiger partial charge is 0.399 e. The second-order valence-corrected chi connectivity index (χ2v) is 8.85. The van der Waals surface area contributed by atoms with Crippen LogP contribution in [-0.2, 0) is 6.54 Å². The number of rotatable bonds is 8. The first-order valence-electron chi connectivity index (χ1n) is 10.6. The van der Waals surface area contributed by atoms with Gasteiger partial charge in [-0.25, -0.2) is 0 Å². The second-order valence-electron chi connectivity index (χ2n) is 7.93. The van der Waals surface area contributed by atoms with Gasteiger partial charge in [0.25, 0.3) is 5.91 Å². The molecular weight excluding hydrogens is 464 g/mol. The summed E-state index contributed by atoms with van der Waals surface area (Å²) in [5.41, 5.74) is 10.5. The maximum atomic E-state index is 12.3. The molecule has 0 spiro atoms. The highest BCUT2D eigenvalue weighted by atomic mass is 79.9. The molecule has 0 saturated carbocycles. The van der Waals surface area contributed by atoms with E-state index in [2.05, 4.69) is 60.4 Å². The zero-order valence-electron chi connectivity index (χ0n) is 19.8. The molecule has 1 amide bonds. The van der Waals surface area contributed by atoms with E-state index >= 15 is 0 Å². The molecule has 2 rings (SSSR count). The minimum absolute atomic E-state index is 0.216. The number of nitrogens with two attached hydrogens (primary N) is 1. The molecule has 0 aliphatic carbocycles. The molecule has 0 unspecified atom stereocenters. The monoisotopic (exact) mass is 498 g/mol. The molecule has 0 aliphatic rings. The first-order valence-corrected chi connectivity index (χ1v) is 11.4. The molecule has 0 atom stereocenters. The summed E-state index contributed by atoms with van der Waals surface area (Å²) in [5, 5.41) is 8.57. The van der Waals surface area contributed by atoms with Crippen molar-refractivity contribution in [3.05, 3.63) is 87.7 Å². The van der Waals surface area contributed by atoms with Crippen molar-refractivity contribution >= 4 is 34.3 Å². The lowest BCUT2D eigenvalue weighted by atomic mass is 10.1. The third-order valence-corrected chi connectivity index (χ3v) is 5.45. The highest BCUT2D eigenvalue weighted by molar-refractivity contribution is 9.10. The predicted molar refractivity (Wildman–Crippen MR) is 140 cm³/mol. The number of carbonyl (C=O) groups is 1. The van der Waals surface area contributed by atoms with Gasteiger partial charge in [0.05, 0.1) is 12.2 Å². The number of hydrogen-bond acceptors (Lipinski definition) is 4. The highest BCUT2D eigenvalue weighted by Crippen LogP contribution is 2.19. The number of carbonyl (C=O) groups excluding carboxylic acids is 1. The van der Waals surface area contributed by atoms with E-state index in [4.69, 9.17) is 5.73 Å². The number of halogens is 1. The third-order valence-electron chi connectivity index (χ3n) is 4.96. The summed E-state index contributed by atoms with van der Waals surface area (Å²) < 4.78 is 1.01. The molecule has 5 nitrogen and oxygen atoms in total. The average Bonchev–Trinajstić information content (AvgIpc) is 2.78. The van der Waals surface area contributed by atoms with Gasteiger partial charge in [-0.15, -0.1) is 0 Å². The SMILES string of the molecule is C=NN(Cc1cc(Br)ccc1C)/C(C)=C\NC(=O)c1ccc(C(=C)N)cc1.CCC(C)C. The minimum Gasteiger partial charge on any atom is -0.399 e. The number of aryl methyl sites for hydroxylation is 1. The van der Waals surface area contributed by atoms with Crippen molar-refractivity contribution in [3.8, 4) is 0 Å². The van der Waals surface area contributed by atoms with E-state index in [0.29, 0.717) is 17.8 Å². The molecule has 172 valence electrons. The van der Waals surface area contributed by atoms with Crippen LogP contribution < -0.4 is 11.1 Å². The van der Waals surface area contributed by atoms with Crippen LogP contribution in [0, 0.1) is 12.8 Å². The number of nitrogens with zero attached hydrogens (tertiary/aromatic N) is 2. The highest BCUT2D eigenvalue weighted by Gasteiger charge is 2.09. The van der Waals surface area contributed by atoms with Crippen LogP contribution in [0.3, 0.4) is 0 Å². The molecule has 32 heavy (non-hydrogen) atoms. The topological polar surface area (TPSA) is 70.7 Å². The van der Waals surface area contributed by atoms with Crippen LogP contribution in [0.15, 0.2) is 70.5 Å². The van der Waals surface area contributed by atoms with E-state index in [9.17, 15) is 4.79 Å². The Morgan fingerprint density at radius 2 is 1.78 bits per heavy atom. The van der Waals surface area contributed by atoms with Crippen LogP contribution >= 0.6 is 15.9 Å². The zero-order valence-corrected chi connectivity index (χ0v) is 21.4. The zero-order chi connectivity index (χ0) is 24.3. The summed E-state index contributed by atoms with van der Waals surface area (Å²) in [7, 11) is 0. The Kier molecular flexibility index (Phi) is 11.5. The molecule has 0 saturated heterocycles. The normalized spacial score (nSPS) is 10.8. The summed E-state index contributed by atoms with van der Waals surface area (Å²) in [6.07, 6.45) is 2.93. The Morgan fingerprint density at radius 3 is 2.28 bits per heavy atom. The van der Waals surface area contributed by atoms with Gasteiger partial charge in [-0.05, 0) is 60.7 Å². The fourth-order valence-electron chi connectivity index (χ4n) is 2.42. The van der Waals surface area contributed by atoms with Gasteiger partial charge in [-0.1, -0.05) is 67.9 Å². The number of hydrogen-bond donors (Lipinski definition) is 2. The van der Waals surface area contributed by atoms with Crippen molar-refractivity contribution in [2.24, 2.45) is 16.8 Å². The van der Waals surface area contributed by atoms with Crippen molar-refractivity contribution in [3.63, 3.8) is 0 Å². The van der Waals surface area contributed by atoms with Crippen LogP contribution in [0.2, 0.25) is 0 Å². The van der Waals surface area contributed by atoms with Crippen molar-refractivity contribution in [1.82, 2.24) is 10.3 Å². The van der Waals surface area contributed by atoms with Gasteiger partial charge in [0.15, 0.2) is 0 Å². The van der Waals surface area contributed by atoms with Crippen LogP contribution in [0.25, 0.3) is 5.70 Å². The average molecular weight is 499 g/mol. The minimum atomic E-state index is -0.216. The quantitative estimate of drug-likeness (QED) is 0.324. The van der Waals surface area contributed by atoms with Crippen molar-refractivity contribution in [2.45, 2.75) is 47.6 Å². The van der Waals surface area contributed by atoms with Crippen LogP contribution in [0.5, 0.6) is 0 Å². The molecule has 0 fully saturated rings. The summed E-state index contributed by atoms with van der Waals surface area (Å²) >= 11 is 3.49. The van der Waals surface area contributed by atoms with Gasteiger partial charge in [-0.2, -0.15) is 5.10 Å². The molecule has 0 aromatic heterocycles. The summed E-state index contributed by atoms with van der Waals surface area (Å²) in [6, 6.07) is 13.0.